The summed E-state index contributed by atoms with van der Waals surface area (Å²) in [5.74, 6) is 0.297. The number of amides is 2. The zero-order chi connectivity index (χ0) is 15.2. The Morgan fingerprint density at radius 1 is 1.41 bits per heavy atom. The molecule has 2 rings (SSSR count). The molecule has 1 aliphatic rings. The van der Waals surface area contributed by atoms with Gasteiger partial charge in [-0.15, -0.1) is 12.4 Å². The fourth-order valence-electron chi connectivity index (χ4n) is 2.31. The molecule has 2 heterocycles. The highest BCUT2D eigenvalue weighted by Crippen LogP contribution is 2.14. The summed E-state index contributed by atoms with van der Waals surface area (Å²) >= 11 is 3.28. The average Bonchev–Trinajstić information content (AvgIpc) is 2.49. The molecule has 1 aliphatic heterocycles. The number of rotatable bonds is 4. The number of hydrogen-bond donors (Lipinski definition) is 2. The predicted octanol–water partition coefficient (Wildman–Crippen LogP) is 1.66. The molecule has 22 heavy (non-hydrogen) atoms. The topological polar surface area (TPSA) is 74.3 Å². The van der Waals surface area contributed by atoms with Crippen LogP contribution in [-0.4, -0.2) is 48.4 Å². The van der Waals surface area contributed by atoms with Gasteiger partial charge < -0.3 is 15.5 Å². The summed E-state index contributed by atoms with van der Waals surface area (Å²) in [5, 5.41) is 5.91. The van der Waals surface area contributed by atoms with Crippen LogP contribution in [0.4, 0.5) is 5.82 Å². The fraction of sp³-hybridized carbons (Fsp3) is 0.500. The maximum Gasteiger partial charge on any atom is 0.245 e. The van der Waals surface area contributed by atoms with Crippen LogP contribution < -0.4 is 10.6 Å². The van der Waals surface area contributed by atoms with Crippen molar-refractivity contribution in [1.29, 1.82) is 0 Å². The molecule has 8 heteroatoms. The van der Waals surface area contributed by atoms with Crippen LogP contribution in [0, 0.1) is 5.92 Å². The number of nitrogens with one attached hydrogen (secondary N) is 2. The van der Waals surface area contributed by atoms with Crippen LogP contribution in [0.2, 0.25) is 0 Å². The van der Waals surface area contributed by atoms with Crippen molar-refractivity contribution < 1.29 is 9.59 Å². The quantitative estimate of drug-likeness (QED) is 0.819. The molecule has 6 nitrogen and oxygen atoms in total. The zero-order valence-corrected chi connectivity index (χ0v) is 14.7. The lowest BCUT2D eigenvalue weighted by molar-refractivity contribution is -0.137. The van der Waals surface area contributed by atoms with Crippen molar-refractivity contribution in [3.8, 4) is 0 Å². The van der Waals surface area contributed by atoms with Crippen LogP contribution in [0.25, 0.3) is 0 Å². The van der Waals surface area contributed by atoms with Gasteiger partial charge in [-0.2, -0.15) is 0 Å². The maximum atomic E-state index is 12.2. The van der Waals surface area contributed by atoms with Crippen LogP contribution in [0.15, 0.2) is 22.8 Å². The minimum absolute atomic E-state index is 0. The minimum atomic E-state index is -0.241. The summed E-state index contributed by atoms with van der Waals surface area (Å²) < 4.78 is 0.846. The molecule has 1 fully saturated rings. The largest absolute Gasteiger partial charge is 0.336 e. The van der Waals surface area contributed by atoms with E-state index in [0.717, 1.165) is 30.4 Å². The molecule has 2 N–H and O–H groups in total. The van der Waals surface area contributed by atoms with Crippen molar-refractivity contribution in [3.05, 3.63) is 22.8 Å². The summed E-state index contributed by atoms with van der Waals surface area (Å²) in [6.07, 6.45) is 3.28. The number of aromatic nitrogens is 1. The molecule has 122 valence electrons. The second-order valence-corrected chi connectivity index (χ2v) is 6.04. The van der Waals surface area contributed by atoms with Gasteiger partial charge in [0, 0.05) is 23.6 Å². The Hall–Kier alpha value is -1.18. The van der Waals surface area contributed by atoms with Gasteiger partial charge in [0.2, 0.25) is 11.8 Å². The maximum absolute atomic E-state index is 12.2. The van der Waals surface area contributed by atoms with E-state index in [1.807, 2.05) is 0 Å². The van der Waals surface area contributed by atoms with Crippen LogP contribution in [0.5, 0.6) is 0 Å². The Bertz CT molecular complexity index is 506. The number of carbonyl (C=O) groups excluding carboxylic acids is 2. The molecule has 0 radical (unpaired) electrons. The highest BCUT2D eigenvalue weighted by atomic mass is 79.9. The molecule has 1 aromatic heterocycles. The average molecular weight is 392 g/mol. The predicted molar refractivity (Wildman–Crippen MR) is 91.0 cm³/mol. The Kier molecular flexibility index (Phi) is 7.78. The van der Waals surface area contributed by atoms with Gasteiger partial charge in [-0.1, -0.05) is 0 Å². The summed E-state index contributed by atoms with van der Waals surface area (Å²) in [6, 6.07) is 3.50. The highest BCUT2D eigenvalue weighted by Gasteiger charge is 2.24. The van der Waals surface area contributed by atoms with Crippen molar-refractivity contribution in [1.82, 2.24) is 15.2 Å². The lowest BCUT2D eigenvalue weighted by Crippen LogP contribution is -2.42. The first kappa shape index (κ1) is 18.9. The third-order valence-electron chi connectivity index (χ3n) is 3.44. The van der Waals surface area contributed by atoms with E-state index in [0.29, 0.717) is 5.82 Å². The number of anilines is 1. The summed E-state index contributed by atoms with van der Waals surface area (Å²) in [4.78, 5) is 29.7. The molecule has 0 saturated carbocycles. The SMILES string of the molecule is CN(CC(=O)Nc1ccc(Br)cn1)C(=O)C1CCNCC1.Cl. The number of pyridine rings is 1. The number of hydrogen-bond acceptors (Lipinski definition) is 4. The first-order chi connectivity index (χ1) is 10.1. The van der Waals surface area contributed by atoms with Gasteiger partial charge in [0.05, 0.1) is 6.54 Å². The van der Waals surface area contributed by atoms with Crippen LogP contribution in [-0.2, 0) is 9.59 Å². The lowest BCUT2D eigenvalue weighted by Gasteiger charge is -2.26. The Balaban J connectivity index is 0.00000242. The fourth-order valence-corrected chi connectivity index (χ4v) is 2.54. The lowest BCUT2D eigenvalue weighted by atomic mass is 9.97. The van der Waals surface area contributed by atoms with E-state index in [9.17, 15) is 9.59 Å². The number of carbonyl (C=O) groups is 2. The van der Waals surface area contributed by atoms with Gasteiger partial charge in [-0.05, 0) is 54.0 Å². The number of likely N-dealkylation sites (N-methyl/N-ethyl adjacent to an activating group) is 1. The number of piperidine rings is 1. The van der Waals surface area contributed by atoms with E-state index in [1.165, 1.54) is 4.90 Å². The highest BCUT2D eigenvalue weighted by molar-refractivity contribution is 9.10. The van der Waals surface area contributed by atoms with Crippen LogP contribution in [0.3, 0.4) is 0 Å². The second-order valence-electron chi connectivity index (χ2n) is 5.13. The third-order valence-corrected chi connectivity index (χ3v) is 3.91. The van der Waals surface area contributed by atoms with Gasteiger partial charge in [-0.3, -0.25) is 9.59 Å². The van der Waals surface area contributed by atoms with Crippen molar-refractivity contribution in [3.63, 3.8) is 0 Å². The molecule has 1 aromatic rings. The molecule has 0 aliphatic carbocycles. The van der Waals surface area contributed by atoms with Gasteiger partial charge in [-0.25, -0.2) is 4.98 Å². The molecular weight excluding hydrogens is 372 g/mol. The van der Waals surface area contributed by atoms with Crippen molar-refractivity contribution in [2.75, 3.05) is 32.0 Å². The molecule has 0 spiro atoms. The van der Waals surface area contributed by atoms with E-state index in [-0.39, 0.29) is 36.7 Å². The van der Waals surface area contributed by atoms with Crippen molar-refractivity contribution >= 4 is 46.0 Å². The summed E-state index contributed by atoms with van der Waals surface area (Å²) in [5.41, 5.74) is 0. The van der Waals surface area contributed by atoms with Gasteiger partial charge in [0.25, 0.3) is 0 Å². The standard InChI is InChI=1S/C14H19BrN4O2.ClH/c1-19(14(21)10-4-6-16-7-5-10)9-13(20)18-12-3-2-11(15)8-17-12;/h2-3,8,10,16H,4-7,9H2,1H3,(H,17,18,20);1H. The van der Waals surface area contributed by atoms with E-state index < -0.39 is 0 Å². The van der Waals surface area contributed by atoms with E-state index in [1.54, 1.807) is 25.4 Å². The summed E-state index contributed by atoms with van der Waals surface area (Å²) in [7, 11) is 1.67. The minimum Gasteiger partial charge on any atom is -0.336 e. The van der Waals surface area contributed by atoms with Gasteiger partial charge >= 0.3 is 0 Å². The van der Waals surface area contributed by atoms with Crippen molar-refractivity contribution in [2.24, 2.45) is 5.92 Å². The molecular formula is C14H20BrClN4O2. The molecule has 0 unspecified atom stereocenters. The monoisotopic (exact) mass is 390 g/mol. The molecule has 0 aromatic carbocycles. The van der Waals surface area contributed by atoms with E-state index >= 15 is 0 Å². The first-order valence-corrected chi connectivity index (χ1v) is 7.72. The van der Waals surface area contributed by atoms with E-state index in [4.69, 9.17) is 0 Å². The van der Waals surface area contributed by atoms with Crippen LogP contribution >= 0.6 is 28.3 Å². The molecule has 0 atom stereocenters. The number of halogens is 2. The smallest absolute Gasteiger partial charge is 0.245 e. The normalized spacial score (nSPS) is 14.8. The van der Waals surface area contributed by atoms with Gasteiger partial charge in [0.1, 0.15) is 5.82 Å². The van der Waals surface area contributed by atoms with Gasteiger partial charge in [0.15, 0.2) is 0 Å². The Labute approximate surface area is 144 Å². The Morgan fingerprint density at radius 2 is 2.09 bits per heavy atom. The van der Waals surface area contributed by atoms with E-state index in [2.05, 4.69) is 31.5 Å². The summed E-state index contributed by atoms with van der Waals surface area (Å²) in [6.45, 7) is 1.76. The second kappa shape index (κ2) is 9.07. The Morgan fingerprint density at radius 3 is 2.68 bits per heavy atom. The number of nitrogens with zero attached hydrogens (tertiary/aromatic N) is 2. The third kappa shape index (κ3) is 5.55. The molecule has 1 saturated heterocycles. The van der Waals surface area contributed by atoms with Crippen LogP contribution in [0.1, 0.15) is 12.8 Å². The van der Waals surface area contributed by atoms with Crippen molar-refractivity contribution in [2.45, 2.75) is 12.8 Å². The first-order valence-electron chi connectivity index (χ1n) is 6.93. The zero-order valence-electron chi connectivity index (χ0n) is 12.3. The molecule has 0 bridgehead atoms. The molecule has 2 amide bonds.